The van der Waals surface area contributed by atoms with Gasteiger partial charge in [-0.25, -0.2) is 8.42 Å². The molecular formula is C12H19NO2S. The smallest absolute Gasteiger partial charge is 0.229 e. The van der Waals surface area contributed by atoms with Crippen LogP contribution in [0.25, 0.3) is 0 Å². The Kier molecular flexibility index (Phi) is 4.35. The summed E-state index contributed by atoms with van der Waals surface area (Å²) >= 11 is 0. The van der Waals surface area contributed by atoms with E-state index in [2.05, 4.69) is 11.6 Å². The Hall–Kier alpha value is -1.03. The normalized spacial score (nSPS) is 11.4. The summed E-state index contributed by atoms with van der Waals surface area (Å²) in [5.74, 6) is 0. The van der Waals surface area contributed by atoms with Gasteiger partial charge in [0.05, 0.1) is 11.9 Å². The molecule has 0 saturated heterocycles. The predicted octanol–water partition coefficient (Wildman–Crippen LogP) is 2.71. The third-order valence-corrected chi connectivity index (χ3v) is 3.00. The summed E-state index contributed by atoms with van der Waals surface area (Å²) in [6, 6.07) is 5.86. The van der Waals surface area contributed by atoms with Crippen LogP contribution in [0.1, 0.15) is 30.9 Å². The van der Waals surface area contributed by atoms with E-state index in [0.717, 1.165) is 24.7 Å². The molecule has 0 atom stereocenters. The number of benzene rings is 1. The summed E-state index contributed by atoms with van der Waals surface area (Å²) in [5, 5.41) is 0. The van der Waals surface area contributed by atoms with Crippen molar-refractivity contribution in [1.82, 2.24) is 0 Å². The lowest BCUT2D eigenvalue weighted by atomic mass is 10.1. The number of sulfonamides is 1. The molecule has 0 heterocycles. The van der Waals surface area contributed by atoms with Crippen LogP contribution in [-0.4, -0.2) is 14.7 Å². The fraction of sp³-hybridized carbons (Fsp3) is 0.500. The average molecular weight is 241 g/mol. The van der Waals surface area contributed by atoms with Crippen molar-refractivity contribution >= 4 is 15.7 Å². The molecule has 0 spiro atoms. The molecule has 0 aliphatic rings. The third-order valence-electron chi connectivity index (χ3n) is 2.41. The van der Waals surface area contributed by atoms with E-state index >= 15 is 0 Å². The summed E-state index contributed by atoms with van der Waals surface area (Å²) in [6.07, 6.45) is 4.55. The molecule has 0 amide bonds. The SMILES string of the molecule is CCCCc1ccc(NS(C)(=O)=O)c(C)c1. The van der Waals surface area contributed by atoms with Crippen LogP contribution in [0.15, 0.2) is 18.2 Å². The second-order valence-corrected chi connectivity index (χ2v) is 5.88. The van der Waals surface area contributed by atoms with E-state index in [1.807, 2.05) is 25.1 Å². The highest BCUT2D eigenvalue weighted by Gasteiger charge is 2.05. The van der Waals surface area contributed by atoms with Crippen molar-refractivity contribution in [2.45, 2.75) is 33.1 Å². The van der Waals surface area contributed by atoms with Crippen molar-refractivity contribution < 1.29 is 8.42 Å². The second-order valence-electron chi connectivity index (χ2n) is 4.13. The van der Waals surface area contributed by atoms with Gasteiger partial charge in [-0.15, -0.1) is 0 Å². The highest BCUT2D eigenvalue weighted by Crippen LogP contribution is 2.18. The molecule has 0 radical (unpaired) electrons. The largest absolute Gasteiger partial charge is 0.284 e. The zero-order valence-corrected chi connectivity index (χ0v) is 10.9. The Morgan fingerprint density at radius 2 is 2.00 bits per heavy atom. The molecule has 0 fully saturated rings. The van der Waals surface area contributed by atoms with Crippen molar-refractivity contribution in [2.24, 2.45) is 0 Å². The fourth-order valence-electron chi connectivity index (χ4n) is 1.58. The van der Waals surface area contributed by atoms with Crippen LogP contribution in [0.4, 0.5) is 5.69 Å². The third kappa shape index (κ3) is 4.23. The number of anilines is 1. The maximum atomic E-state index is 11.1. The molecule has 0 aliphatic heterocycles. The standard InChI is InChI=1S/C12H19NO2S/c1-4-5-6-11-7-8-12(10(2)9-11)13-16(3,14)15/h7-9,13H,4-6H2,1-3H3. The van der Waals surface area contributed by atoms with Gasteiger partial charge >= 0.3 is 0 Å². The van der Waals surface area contributed by atoms with E-state index in [1.54, 1.807) is 0 Å². The molecule has 90 valence electrons. The van der Waals surface area contributed by atoms with Crippen LogP contribution in [0, 0.1) is 6.92 Å². The second kappa shape index (κ2) is 5.34. The number of aryl methyl sites for hydroxylation is 2. The minimum atomic E-state index is -3.18. The summed E-state index contributed by atoms with van der Waals surface area (Å²) in [4.78, 5) is 0. The Morgan fingerprint density at radius 1 is 1.31 bits per heavy atom. The zero-order chi connectivity index (χ0) is 12.2. The zero-order valence-electron chi connectivity index (χ0n) is 10.1. The topological polar surface area (TPSA) is 46.2 Å². The molecule has 1 rings (SSSR count). The molecule has 1 N–H and O–H groups in total. The number of nitrogens with one attached hydrogen (secondary N) is 1. The first-order chi connectivity index (χ1) is 7.42. The molecule has 0 bridgehead atoms. The molecule has 3 nitrogen and oxygen atoms in total. The fourth-order valence-corrected chi connectivity index (χ4v) is 2.20. The average Bonchev–Trinajstić information content (AvgIpc) is 2.17. The number of hydrogen-bond acceptors (Lipinski definition) is 2. The van der Waals surface area contributed by atoms with Gasteiger partial charge in [0, 0.05) is 0 Å². The summed E-state index contributed by atoms with van der Waals surface area (Å²) < 4.78 is 24.7. The van der Waals surface area contributed by atoms with Gasteiger partial charge in [-0.2, -0.15) is 0 Å². The van der Waals surface area contributed by atoms with Crippen LogP contribution in [0.2, 0.25) is 0 Å². The van der Waals surface area contributed by atoms with Gasteiger partial charge < -0.3 is 0 Å². The number of hydrogen-bond donors (Lipinski definition) is 1. The quantitative estimate of drug-likeness (QED) is 0.861. The Morgan fingerprint density at radius 3 is 2.50 bits per heavy atom. The van der Waals surface area contributed by atoms with E-state index in [-0.39, 0.29) is 0 Å². The van der Waals surface area contributed by atoms with Crippen LogP contribution in [0.3, 0.4) is 0 Å². The van der Waals surface area contributed by atoms with E-state index in [0.29, 0.717) is 5.69 Å². The van der Waals surface area contributed by atoms with Crippen molar-refractivity contribution in [3.05, 3.63) is 29.3 Å². The van der Waals surface area contributed by atoms with E-state index < -0.39 is 10.0 Å². The Labute approximate surface area is 97.9 Å². The van der Waals surface area contributed by atoms with Crippen molar-refractivity contribution in [3.63, 3.8) is 0 Å². The minimum Gasteiger partial charge on any atom is -0.284 e. The Bertz CT molecular complexity index is 452. The van der Waals surface area contributed by atoms with Gasteiger partial charge in [-0.3, -0.25) is 4.72 Å². The molecule has 4 heteroatoms. The van der Waals surface area contributed by atoms with Gasteiger partial charge in [0.25, 0.3) is 0 Å². The van der Waals surface area contributed by atoms with Crippen LogP contribution < -0.4 is 4.72 Å². The summed E-state index contributed by atoms with van der Waals surface area (Å²) in [7, 11) is -3.18. The first-order valence-corrected chi connectivity index (χ1v) is 7.39. The van der Waals surface area contributed by atoms with Crippen LogP contribution in [0.5, 0.6) is 0 Å². The maximum absolute atomic E-state index is 11.1. The predicted molar refractivity (Wildman–Crippen MR) is 68.3 cm³/mol. The van der Waals surface area contributed by atoms with Gasteiger partial charge in [0.1, 0.15) is 0 Å². The van der Waals surface area contributed by atoms with E-state index in [4.69, 9.17) is 0 Å². The lowest BCUT2D eigenvalue weighted by molar-refractivity contribution is 0.607. The maximum Gasteiger partial charge on any atom is 0.229 e. The molecule has 0 aromatic heterocycles. The number of unbranched alkanes of at least 4 members (excludes halogenated alkanes) is 1. The van der Waals surface area contributed by atoms with Gasteiger partial charge in [-0.1, -0.05) is 25.5 Å². The molecule has 0 aliphatic carbocycles. The monoisotopic (exact) mass is 241 g/mol. The first kappa shape index (κ1) is 13.0. The Balaban J connectivity index is 2.83. The van der Waals surface area contributed by atoms with E-state index in [1.165, 1.54) is 12.0 Å². The van der Waals surface area contributed by atoms with Gasteiger partial charge in [-0.05, 0) is 37.0 Å². The molecule has 16 heavy (non-hydrogen) atoms. The number of rotatable bonds is 5. The van der Waals surface area contributed by atoms with Gasteiger partial charge in [0.2, 0.25) is 10.0 Å². The molecule has 1 aromatic carbocycles. The van der Waals surface area contributed by atoms with Crippen molar-refractivity contribution in [1.29, 1.82) is 0 Å². The van der Waals surface area contributed by atoms with Gasteiger partial charge in [0.15, 0.2) is 0 Å². The molecule has 0 unspecified atom stereocenters. The first-order valence-electron chi connectivity index (χ1n) is 5.49. The minimum absolute atomic E-state index is 0.669. The van der Waals surface area contributed by atoms with E-state index in [9.17, 15) is 8.42 Å². The molecular weight excluding hydrogens is 222 g/mol. The lowest BCUT2D eigenvalue weighted by Crippen LogP contribution is -2.10. The van der Waals surface area contributed by atoms with Crippen LogP contribution >= 0.6 is 0 Å². The molecule has 1 aromatic rings. The highest BCUT2D eigenvalue weighted by atomic mass is 32.2. The molecule has 0 saturated carbocycles. The summed E-state index contributed by atoms with van der Waals surface area (Å²) in [6.45, 7) is 4.08. The van der Waals surface area contributed by atoms with Crippen molar-refractivity contribution in [3.8, 4) is 0 Å². The van der Waals surface area contributed by atoms with Crippen molar-refractivity contribution in [2.75, 3.05) is 11.0 Å². The summed E-state index contributed by atoms with van der Waals surface area (Å²) in [5.41, 5.74) is 2.90. The van der Waals surface area contributed by atoms with Crippen LogP contribution in [-0.2, 0) is 16.4 Å². The lowest BCUT2D eigenvalue weighted by Gasteiger charge is -2.09. The highest BCUT2D eigenvalue weighted by molar-refractivity contribution is 7.92.